The number of halogens is 5. The highest BCUT2D eigenvalue weighted by Gasteiger charge is 2.31. The third-order valence-corrected chi connectivity index (χ3v) is 4.09. The topological polar surface area (TPSA) is 77.8 Å². The molecule has 0 saturated heterocycles. The van der Waals surface area contributed by atoms with Crippen molar-refractivity contribution in [2.45, 2.75) is 20.2 Å². The van der Waals surface area contributed by atoms with E-state index in [9.17, 15) is 36.6 Å². The lowest BCUT2D eigenvalue weighted by atomic mass is 10.2. The van der Waals surface area contributed by atoms with Crippen molar-refractivity contribution < 1.29 is 46.1 Å². The molecule has 0 saturated carbocycles. The molecule has 3 rings (SSSR count). The highest BCUT2D eigenvalue weighted by molar-refractivity contribution is 6.06. The van der Waals surface area contributed by atoms with Crippen LogP contribution in [0, 0.1) is 18.6 Å². The Labute approximate surface area is 165 Å². The maximum atomic E-state index is 14.5. The summed E-state index contributed by atoms with van der Waals surface area (Å²) in [7, 11) is 0. The first-order chi connectivity index (χ1) is 13.9. The summed E-state index contributed by atoms with van der Waals surface area (Å²) in [5, 5.41) is 9.04. The van der Waals surface area contributed by atoms with E-state index in [0.29, 0.717) is 6.07 Å². The third kappa shape index (κ3) is 3.78. The zero-order valence-electron chi connectivity index (χ0n) is 15.3. The van der Waals surface area contributed by atoms with Gasteiger partial charge < -0.3 is 14.6 Å². The SMILES string of the molecule is CC(=O)Oc1c(C)n(C(=O)c2ccc(OC(F)(F)F)cc2)c2cc(F)c(O)c(F)c12. The maximum absolute atomic E-state index is 14.5. The molecule has 11 heteroatoms. The number of aromatic nitrogens is 1. The van der Waals surface area contributed by atoms with E-state index in [-0.39, 0.29) is 16.8 Å². The summed E-state index contributed by atoms with van der Waals surface area (Å²) in [6.07, 6.45) is -4.92. The number of nitrogens with zero attached hydrogens (tertiary/aromatic N) is 1. The number of fused-ring (bicyclic) bond motifs is 1. The van der Waals surface area contributed by atoms with E-state index < -0.39 is 52.5 Å². The van der Waals surface area contributed by atoms with Gasteiger partial charge in [0.2, 0.25) is 0 Å². The van der Waals surface area contributed by atoms with Crippen LogP contribution in [0.1, 0.15) is 23.0 Å². The Morgan fingerprint density at radius 1 is 1.10 bits per heavy atom. The van der Waals surface area contributed by atoms with Gasteiger partial charge in [0.25, 0.3) is 5.91 Å². The van der Waals surface area contributed by atoms with E-state index in [1.807, 2.05) is 0 Å². The molecule has 1 N–H and O–H groups in total. The standard InChI is InChI=1S/C19H12F5NO5/c1-8-17(29-9(2)26)14-13(7-12(20)16(27)15(14)21)25(8)18(28)10-3-5-11(6-4-10)30-19(22,23)24/h3-7,27H,1-2H3. The number of hydrogen-bond acceptors (Lipinski definition) is 5. The van der Waals surface area contributed by atoms with Crippen molar-refractivity contribution >= 4 is 22.8 Å². The van der Waals surface area contributed by atoms with E-state index in [4.69, 9.17) is 4.74 Å². The quantitative estimate of drug-likeness (QED) is 0.492. The van der Waals surface area contributed by atoms with Crippen LogP contribution in [-0.2, 0) is 4.79 Å². The summed E-state index contributed by atoms with van der Waals surface area (Å²) in [5.41, 5.74) is -0.588. The largest absolute Gasteiger partial charge is 0.573 e. The van der Waals surface area contributed by atoms with E-state index in [0.717, 1.165) is 35.8 Å². The average Bonchev–Trinajstić information content (AvgIpc) is 2.89. The normalized spacial score (nSPS) is 11.6. The Kier molecular flexibility index (Phi) is 5.15. The molecule has 30 heavy (non-hydrogen) atoms. The average molecular weight is 429 g/mol. The number of carbonyl (C=O) groups is 2. The molecule has 1 aromatic heterocycles. The van der Waals surface area contributed by atoms with Crippen LogP contribution in [0.15, 0.2) is 30.3 Å². The number of aromatic hydroxyl groups is 1. The molecule has 6 nitrogen and oxygen atoms in total. The van der Waals surface area contributed by atoms with Crippen molar-refractivity contribution in [3.8, 4) is 17.2 Å². The van der Waals surface area contributed by atoms with Crippen LogP contribution in [0.25, 0.3) is 10.9 Å². The van der Waals surface area contributed by atoms with Crippen LogP contribution in [0.3, 0.4) is 0 Å². The second kappa shape index (κ2) is 7.32. The smallest absolute Gasteiger partial charge is 0.503 e. The second-order valence-electron chi connectivity index (χ2n) is 6.14. The van der Waals surface area contributed by atoms with Crippen molar-refractivity contribution in [1.82, 2.24) is 4.57 Å². The Balaban J connectivity index is 2.17. The van der Waals surface area contributed by atoms with Crippen molar-refractivity contribution in [2.24, 2.45) is 0 Å². The van der Waals surface area contributed by atoms with Gasteiger partial charge in [0, 0.05) is 18.6 Å². The van der Waals surface area contributed by atoms with Crippen LogP contribution in [-0.4, -0.2) is 27.9 Å². The van der Waals surface area contributed by atoms with E-state index in [1.54, 1.807) is 0 Å². The van der Waals surface area contributed by atoms with Crippen molar-refractivity contribution in [3.63, 3.8) is 0 Å². The first kappa shape index (κ1) is 21.1. The Hall–Kier alpha value is -3.63. The molecule has 0 atom stereocenters. The highest BCUT2D eigenvalue weighted by atomic mass is 19.4. The Morgan fingerprint density at radius 2 is 1.70 bits per heavy atom. The van der Waals surface area contributed by atoms with E-state index in [2.05, 4.69) is 4.74 Å². The predicted molar refractivity (Wildman–Crippen MR) is 92.4 cm³/mol. The summed E-state index contributed by atoms with van der Waals surface area (Å²) < 4.78 is 74.8. The number of alkyl halides is 3. The van der Waals surface area contributed by atoms with Gasteiger partial charge in [-0.1, -0.05) is 0 Å². The monoisotopic (exact) mass is 429 g/mol. The molecule has 0 spiro atoms. The van der Waals surface area contributed by atoms with Crippen LogP contribution < -0.4 is 9.47 Å². The first-order valence-electron chi connectivity index (χ1n) is 8.21. The van der Waals surface area contributed by atoms with Gasteiger partial charge in [0.1, 0.15) is 5.75 Å². The van der Waals surface area contributed by atoms with Gasteiger partial charge in [0.05, 0.1) is 16.6 Å². The number of benzene rings is 2. The molecular weight excluding hydrogens is 417 g/mol. The first-order valence-corrected chi connectivity index (χ1v) is 8.21. The number of rotatable bonds is 3. The molecule has 158 valence electrons. The summed E-state index contributed by atoms with van der Waals surface area (Å²) in [5.74, 6) is -6.85. The molecule has 0 aliphatic carbocycles. The van der Waals surface area contributed by atoms with Gasteiger partial charge in [-0.2, -0.15) is 0 Å². The van der Waals surface area contributed by atoms with E-state index in [1.165, 1.54) is 6.92 Å². The molecule has 0 amide bonds. The van der Waals surface area contributed by atoms with Gasteiger partial charge in [0.15, 0.2) is 23.1 Å². The molecule has 0 aliphatic rings. The van der Waals surface area contributed by atoms with Gasteiger partial charge in [-0.3, -0.25) is 14.2 Å². The molecule has 0 fully saturated rings. The molecule has 3 aromatic rings. The minimum absolute atomic E-state index is 0.0929. The fourth-order valence-electron chi connectivity index (χ4n) is 2.91. The van der Waals surface area contributed by atoms with Gasteiger partial charge in [-0.15, -0.1) is 13.2 Å². The van der Waals surface area contributed by atoms with E-state index >= 15 is 0 Å². The highest BCUT2D eigenvalue weighted by Crippen LogP contribution is 2.39. The summed E-state index contributed by atoms with van der Waals surface area (Å²) in [6, 6.07) is 4.50. The third-order valence-electron chi connectivity index (χ3n) is 4.09. The molecule has 0 aliphatic heterocycles. The maximum Gasteiger partial charge on any atom is 0.573 e. The van der Waals surface area contributed by atoms with Gasteiger partial charge in [-0.25, -0.2) is 8.78 Å². The number of hydrogen-bond donors (Lipinski definition) is 1. The Bertz CT molecular complexity index is 1170. The molecule has 0 bridgehead atoms. The zero-order valence-corrected chi connectivity index (χ0v) is 15.3. The van der Waals surface area contributed by atoms with Crippen LogP contribution in [0.4, 0.5) is 22.0 Å². The molecular formula is C19H12F5NO5. The summed E-state index contributed by atoms with van der Waals surface area (Å²) in [4.78, 5) is 24.3. The predicted octanol–water partition coefficient (Wildman–Crippen LogP) is 4.45. The van der Waals surface area contributed by atoms with Crippen molar-refractivity contribution in [2.75, 3.05) is 0 Å². The lowest BCUT2D eigenvalue weighted by Gasteiger charge is -2.10. The summed E-state index contributed by atoms with van der Waals surface area (Å²) >= 11 is 0. The minimum Gasteiger partial charge on any atom is -0.503 e. The number of phenols is 1. The lowest BCUT2D eigenvalue weighted by Crippen LogP contribution is -2.17. The number of ether oxygens (including phenoxy) is 2. The van der Waals surface area contributed by atoms with Crippen LogP contribution in [0.2, 0.25) is 0 Å². The lowest BCUT2D eigenvalue weighted by molar-refractivity contribution is -0.274. The van der Waals surface area contributed by atoms with Crippen LogP contribution in [0.5, 0.6) is 17.2 Å². The fourth-order valence-corrected chi connectivity index (χ4v) is 2.91. The zero-order chi connectivity index (χ0) is 22.4. The minimum atomic E-state index is -4.92. The van der Waals surface area contributed by atoms with Crippen molar-refractivity contribution in [1.29, 1.82) is 0 Å². The number of phenolic OH excluding ortho intramolecular Hbond substituents is 1. The molecule has 2 aromatic carbocycles. The Morgan fingerprint density at radius 3 is 2.23 bits per heavy atom. The molecule has 0 radical (unpaired) electrons. The summed E-state index contributed by atoms with van der Waals surface area (Å²) in [6.45, 7) is 2.30. The number of esters is 1. The van der Waals surface area contributed by atoms with Gasteiger partial charge in [-0.05, 0) is 31.2 Å². The van der Waals surface area contributed by atoms with Crippen LogP contribution >= 0.6 is 0 Å². The fraction of sp³-hybridized carbons (Fsp3) is 0.158. The van der Waals surface area contributed by atoms with Crippen molar-refractivity contribution in [3.05, 3.63) is 53.2 Å². The van der Waals surface area contributed by atoms with Gasteiger partial charge >= 0.3 is 12.3 Å². The number of carbonyl (C=O) groups excluding carboxylic acids is 2. The second-order valence-corrected chi connectivity index (χ2v) is 6.14. The molecule has 0 unspecified atom stereocenters. The molecule has 1 heterocycles.